The summed E-state index contributed by atoms with van der Waals surface area (Å²) in [6.45, 7) is 1.83. The van der Waals surface area contributed by atoms with E-state index in [4.69, 9.17) is 16.3 Å². The Balaban J connectivity index is 1.65. The molecule has 0 aliphatic heterocycles. The molecule has 2 aromatic rings. The maximum atomic E-state index is 5.98. The Labute approximate surface area is 121 Å². The van der Waals surface area contributed by atoms with Gasteiger partial charge in [-0.2, -0.15) is 0 Å². The second-order valence-electron chi connectivity index (χ2n) is 5.23. The van der Waals surface area contributed by atoms with E-state index in [0.29, 0.717) is 5.41 Å². The fourth-order valence-electron chi connectivity index (χ4n) is 2.25. The molecule has 0 spiro atoms. The van der Waals surface area contributed by atoms with E-state index < -0.39 is 0 Å². The molecule has 0 atom stereocenters. The van der Waals surface area contributed by atoms with Gasteiger partial charge in [-0.25, -0.2) is 4.98 Å². The third-order valence-electron chi connectivity index (χ3n) is 3.76. The van der Waals surface area contributed by atoms with Crippen molar-refractivity contribution in [2.75, 3.05) is 25.6 Å². The Bertz CT molecular complexity index is 580. The van der Waals surface area contributed by atoms with Crippen molar-refractivity contribution in [1.82, 2.24) is 4.98 Å². The highest BCUT2D eigenvalue weighted by atomic mass is 35.5. The van der Waals surface area contributed by atoms with Crippen LogP contribution in [0.4, 0.5) is 5.13 Å². The fourth-order valence-corrected chi connectivity index (χ4v) is 3.26. The van der Waals surface area contributed by atoms with Gasteiger partial charge in [-0.3, -0.25) is 0 Å². The van der Waals surface area contributed by atoms with Gasteiger partial charge >= 0.3 is 0 Å². The van der Waals surface area contributed by atoms with Crippen molar-refractivity contribution in [3.05, 3.63) is 23.2 Å². The van der Waals surface area contributed by atoms with Gasteiger partial charge < -0.3 is 10.1 Å². The van der Waals surface area contributed by atoms with Crippen LogP contribution in [0.3, 0.4) is 0 Å². The van der Waals surface area contributed by atoms with Crippen LogP contribution < -0.4 is 5.32 Å². The normalized spacial score (nSPS) is 16.7. The van der Waals surface area contributed by atoms with Crippen molar-refractivity contribution in [3.8, 4) is 0 Å². The summed E-state index contributed by atoms with van der Waals surface area (Å²) >= 11 is 7.66. The van der Waals surface area contributed by atoms with E-state index in [1.165, 1.54) is 17.5 Å². The zero-order valence-corrected chi connectivity index (χ0v) is 12.5. The molecule has 102 valence electrons. The van der Waals surface area contributed by atoms with Gasteiger partial charge in [0.2, 0.25) is 0 Å². The number of methoxy groups -OCH3 is 1. The third-order valence-corrected chi connectivity index (χ3v) is 4.99. The molecule has 5 heteroatoms. The molecule has 0 radical (unpaired) electrons. The molecule has 1 N–H and O–H groups in total. The molecule has 1 heterocycles. The molecule has 1 aromatic heterocycles. The van der Waals surface area contributed by atoms with E-state index in [0.717, 1.165) is 35.2 Å². The number of benzene rings is 1. The Morgan fingerprint density at radius 3 is 3.05 bits per heavy atom. The molecule has 1 aliphatic carbocycles. The van der Waals surface area contributed by atoms with Crippen molar-refractivity contribution in [3.63, 3.8) is 0 Å². The Morgan fingerprint density at radius 2 is 2.32 bits per heavy atom. The number of nitrogens with zero attached hydrogens (tertiary/aromatic N) is 1. The van der Waals surface area contributed by atoms with Crippen molar-refractivity contribution < 1.29 is 4.74 Å². The molecule has 1 fully saturated rings. The molecule has 3 nitrogen and oxygen atoms in total. The van der Waals surface area contributed by atoms with Gasteiger partial charge in [-0.1, -0.05) is 22.9 Å². The summed E-state index contributed by atoms with van der Waals surface area (Å²) in [6.07, 6.45) is 3.72. The third kappa shape index (κ3) is 3.02. The first-order valence-corrected chi connectivity index (χ1v) is 7.69. The van der Waals surface area contributed by atoms with Gasteiger partial charge in [0.05, 0.1) is 10.2 Å². The number of thiazole rings is 1. The van der Waals surface area contributed by atoms with Crippen LogP contribution in [-0.4, -0.2) is 25.2 Å². The van der Waals surface area contributed by atoms with Crippen molar-refractivity contribution >= 4 is 38.3 Å². The van der Waals surface area contributed by atoms with Crippen LogP contribution in [0.25, 0.3) is 10.2 Å². The van der Waals surface area contributed by atoms with Gasteiger partial charge in [0, 0.05) is 25.3 Å². The monoisotopic (exact) mass is 296 g/mol. The van der Waals surface area contributed by atoms with Gasteiger partial charge in [-0.05, 0) is 42.9 Å². The van der Waals surface area contributed by atoms with Crippen LogP contribution in [0, 0.1) is 5.41 Å². The molecule has 3 rings (SSSR count). The average molecular weight is 297 g/mol. The van der Waals surface area contributed by atoms with Crippen molar-refractivity contribution in [2.45, 2.75) is 19.3 Å². The number of fused-ring (bicyclic) bond motifs is 1. The topological polar surface area (TPSA) is 34.1 Å². The second-order valence-corrected chi connectivity index (χ2v) is 6.69. The lowest BCUT2D eigenvalue weighted by molar-refractivity contribution is 0.175. The maximum absolute atomic E-state index is 5.98. The van der Waals surface area contributed by atoms with Gasteiger partial charge in [-0.15, -0.1) is 0 Å². The molecule has 1 saturated carbocycles. The molecule has 1 aliphatic rings. The first-order chi connectivity index (χ1) is 9.21. The number of nitrogens with one attached hydrogen (secondary N) is 1. The summed E-state index contributed by atoms with van der Waals surface area (Å²) in [6, 6.07) is 5.85. The first kappa shape index (κ1) is 13.2. The zero-order valence-electron chi connectivity index (χ0n) is 10.9. The van der Waals surface area contributed by atoms with E-state index in [-0.39, 0.29) is 0 Å². The molecule has 19 heavy (non-hydrogen) atoms. The number of hydrogen-bond acceptors (Lipinski definition) is 4. The summed E-state index contributed by atoms with van der Waals surface area (Å²) in [4.78, 5) is 4.58. The first-order valence-electron chi connectivity index (χ1n) is 6.50. The largest absolute Gasteiger partial charge is 0.385 e. The SMILES string of the molecule is COCCC1(CNc2nc3cc(Cl)ccc3s2)CC1. The summed E-state index contributed by atoms with van der Waals surface area (Å²) < 4.78 is 6.35. The van der Waals surface area contributed by atoms with Crippen LogP contribution >= 0.6 is 22.9 Å². The second kappa shape index (κ2) is 5.27. The average Bonchev–Trinajstić information content (AvgIpc) is 3.06. The van der Waals surface area contributed by atoms with Crippen molar-refractivity contribution in [2.24, 2.45) is 5.41 Å². The van der Waals surface area contributed by atoms with E-state index in [2.05, 4.69) is 10.3 Å². The highest BCUT2D eigenvalue weighted by Gasteiger charge is 2.41. The summed E-state index contributed by atoms with van der Waals surface area (Å²) in [5.74, 6) is 0. The van der Waals surface area contributed by atoms with Gasteiger partial charge in [0.1, 0.15) is 0 Å². The Kier molecular flexibility index (Phi) is 3.65. The molecule has 0 bridgehead atoms. The minimum Gasteiger partial charge on any atom is -0.385 e. The Hall–Kier alpha value is -0.840. The number of hydrogen-bond donors (Lipinski definition) is 1. The Morgan fingerprint density at radius 1 is 1.47 bits per heavy atom. The van der Waals surface area contributed by atoms with E-state index in [1.807, 2.05) is 18.2 Å². The maximum Gasteiger partial charge on any atom is 0.183 e. The quantitative estimate of drug-likeness (QED) is 0.868. The molecular weight excluding hydrogens is 280 g/mol. The number of halogens is 1. The van der Waals surface area contributed by atoms with E-state index in [9.17, 15) is 0 Å². The fraction of sp³-hybridized carbons (Fsp3) is 0.500. The lowest BCUT2D eigenvalue weighted by atomic mass is 10.0. The minimum atomic E-state index is 0.436. The standard InChI is InChI=1S/C14H17ClN2OS/c1-18-7-6-14(4-5-14)9-16-13-17-11-8-10(15)2-3-12(11)19-13/h2-3,8H,4-7,9H2,1H3,(H,16,17). The predicted octanol–water partition coefficient (Wildman–Crippen LogP) is 4.18. The summed E-state index contributed by atoms with van der Waals surface area (Å²) in [5.41, 5.74) is 1.41. The van der Waals surface area contributed by atoms with Crippen LogP contribution in [0.5, 0.6) is 0 Å². The minimum absolute atomic E-state index is 0.436. The van der Waals surface area contributed by atoms with E-state index in [1.54, 1.807) is 18.4 Å². The smallest absolute Gasteiger partial charge is 0.183 e. The molecule has 0 amide bonds. The molecule has 0 saturated heterocycles. The number of anilines is 1. The summed E-state index contributed by atoms with van der Waals surface area (Å²) in [5, 5.41) is 5.20. The predicted molar refractivity (Wildman–Crippen MR) is 81.3 cm³/mol. The van der Waals surface area contributed by atoms with Crippen LogP contribution in [-0.2, 0) is 4.74 Å². The lowest BCUT2D eigenvalue weighted by Crippen LogP contribution is -2.17. The molecule has 1 aromatic carbocycles. The van der Waals surface area contributed by atoms with Crippen LogP contribution in [0.2, 0.25) is 5.02 Å². The zero-order chi connectivity index (χ0) is 13.3. The highest BCUT2D eigenvalue weighted by molar-refractivity contribution is 7.22. The lowest BCUT2D eigenvalue weighted by Gasteiger charge is -2.14. The summed E-state index contributed by atoms with van der Waals surface area (Å²) in [7, 11) is 1.76. The molecule has 0 unspecified atom stereocenters. The van der Waals surface area contributed by atoms with Crippen LogP contribution in [0.1, 0.15) is 19.3 Å². The molecular formula is C14H17ClN2OS. The van der Waals surface area contributed by atoms with Gasteiger partial charge in [0.15, 0.2) is 5.13 Å². The van der Waals surface area contributed by atoms with Crippen LogP contribution in [0.15, 0.2) is 18.2 Å². The van der Waals surface area contributed by atoms with Gasteiger partial charge in [0.25, 0.3) is 0 Å². The number of aromatic nitrogens is 1. The highest BCUT2D eigenvalue weighted by Crippen LogP contribution is 2.48. The number of ether oxygens (including phenoxy) is 1. The van der Waals surface area contributed by atoms with Crippen molar-refractivity contribution in [1.29, 1.82) is 0 Å². The van der Waals surface area contributed by atoms with E-state index >= 15 is 0 Å². The number of rotatable bonds is 6.